The molecule has 0 amide bonds. The van der Waals surface area contributed by atoms with Crippen molar-refractivity contribution in [2.75, 3.05) is 52.9 Å². The molecule has 4 aromatic rings. The van der Waals surface area contributed by atoms with Crippen LogP contribution in [-0.4, -0.2) is 77.3 Å². The minimum absolute atomic E-state index is 0.0153. The quantitative estimate of drug-likeness (QED) is 0.180. The molecule has 0 aromatic heterocycles. The van der Waals surface area contributed by atoms with Gasteiger partial charge in [0.25, 0.3) is 0 Å². The summed E-state index contributed by atoms with van der Waals surface area (Å²) in [6.07, 6.45) is 0.243. The Kier molecular flexibility index (Phi) is 6.70. The number of rotatable bonds is 12. The molecule has 2 atom stereocenters. The van der Waals surface area contributed by atoms with Crippen molar-refractivity contribution in [2.24, 2.45) is 0 Å². The molecular formula is C37H34O8. The van der Waals surface area contributed by atoms with Gasteiger partial charge in [0, 0.05) is 0 Å². The van der Waals surface area contributed by atoms with E-state index in [0.717, 1.165) is 17.7 Å². The van der Waals surface area contributed by atoms with E-state index in [2.05, 4.69) is 72.8 Å². The highest BCUT2D eigenvalue weighted by Gasteiger charge is 2.47. The minimum atomic E-state index is -0.661. The lowest BCUT2D eigenvalue weighted by Gasteiger charge is -2.36. The van der Waals surface area contributed by atoms with Crippen LogP contribution in [0.3, 0.4) is 0 Å². The van der Waals surface area contributed by atoms with Crippen molar-refractivity contribution in [1.29, 1.82) is 0 Å². The van der Waals surface area contributed by atoms with E-state index in [-0.39, 0.29) is 24.4 Å². The number of hydrogen-bond acceptors (Lipinski definition) is 8. The molecular weight excluding hydrogens is 572 g/mol. The second-order valence-corrected chi connectivity index (χ2v) is 12.3. The monoisotopic (exact) mass is 606 g/mol. The Labute approximate surface area is 261 Å². The van der Waals surface area contributed by atoms with Crippen LogP contribution in [0.1, 0.15) is 22.3 Å². The van der Waals surface area contributed by atoms with Crippen molar-refractivity contribution >= 4 is 0 Å². The summed E-state index contributed by atoms with van der Waals surface area (Å²) < 4.78 is 47.2. The van der Waals surface area contributed by atoms with E-state index >= 15 is 0 Å². The van der Waals surface area contributed by atoms with Crippen LogP contribution >= 0.6 is 0 Å². The van der Waals surface area contributed by atoms with Crippen molar-refractivity contribution in [2.45, 2.75) is 29.8 Å². The van der Waals surface area contributed by atoms with E-state index in [9.17, 15) is 0 Å². The Bertz CT molecular complexity index is 1670. The maximum atomic E-state index is 6.52. The van der Waals surface area contributed by atoms with Gasteiger partial charge in [0.15, 0.2) is 23.0 Å². The molecule has 2 unspecified atom stereocenters. The summed E-state index contributed by atoms with van der Waals surface area (Å²) in [4.78, 5) is 0. The molecule has 1 aliphatic carbocycles. The van der Waals surface area contributed by atoms with Gasteiger partial charge in [0.2, 0.25) is 0 Å². The summed E-state index contributed by atoms with van der Waals surface area (Å²) in [5.74, 6) is 2.82. The third-order valence-electron chi connectivity index (χ3n) is 9.16. The maximum Gasteiger partial charge on any atom is 0.162 e. The predicted molar refractivity (Wildman–Crippen MR) is 165 cm³/mol. The number of benzene rings is 4. The van der Waals surface area contributed by atoms with Crippen molar-refractivity contribution in [1.82, 2.24) is 0 Å². The van der Waals surface area contributed by atoms with Crippen LogP contribution in [0.15, 0.2) is 84.9 Å². The highest BCUT2D eigenvalue weighted by atomic mass is 16.6. The number of ether oxygens (including phenoxy) is 8. The third-order valence-corrected chi connectivity index (χ3v) is 9.16. The van der Waals surface area contributed by atoms with E-state index in [1.54, 1.807) is 0 Å². The van der Waals surface area contributed by atoms with Crippen LogP contribution in [-0.2, 0) is 24.4 Å². The van der Waals surface area contributed by atoms with Gasteiger partial charge in [0.05, 0.1) is 45.1 Å². The highest BCUT2D eigenvalue weighted by molar-refractivity contribution is 5.86. The topological polar surface area (TPSA) is 80.4 Å². The summed E-state index contributed by atoms with van der Waals surface area (Å²) in [6, 6.07) is 30.0. The molecule has 4 aromatic carbocycles. The maximum absolute atomic E-state index is 6.52. The summed E-state index contributed by atoms with van der Waals surface area (Å²) >= 11 is 0. The molecule has 5 aliphatic rings. The number of hydrogen-bond donors (Lipinski definition) is 0. The van der Waals surface area contributed by atoms with E-state index in [1.807, 2.05) is 12.1 Å². The molecule has 230 valence electrons. The van der Waals surface area contributed by atoms with Crippen molar-refractivity contribution < 1.29 is 37.9 Å². The Balaban J connectivity index is 1.22. The molecule has 0 N–H and O–H groups in total. The third kappa shape index (κ3) is 4.93. The average Bonchev–Trinajstić information content (AvgIpc) is 3.97. The van der Waals surface area contributed by atoms with Gasteiger partial charge in [0.1, 0.15) is 37.6 Å². The zero-order chi connectivity index (χ0) is 29.8. The van der Waals surface area contributed by atoms with Crippen molar-refractivity contribution in [3.05, 3.63) is 107 Å². The molecule has 8 heteroatoms. The molecule has 0 bridgehead atoms. The Morgan fingerprint density at radius 2 is 1.02 bits per heavy atom. The van der Waals surface area contributed by atoms with Gasteiger partial charge in [-0.3, -0.25) is 0 Å². The highest BCUT2D eigenvalue weighted by Crippen LogP contribution is 2.57. The largest absolute Gasteiger partial charge is 0.487 e. The molecule has 4 fully saturated rings. The summed E-state index contributed by atoms with van der Waals surface area (Å²) in [6.45, 7) is 4.68. The van der Waals surface area contributed by atoms with Crippen LogP contribution < -0.4 is 18.9 Å². The minimum Gasteiger partial charge on any atom is -0.487 e. The fourth-order valence-electron chi connectivity index (χ4n) is 6.55. The molecule has 45 heavy (non-hydrogen) atoms. The van der Waals surface area contributed by atoms with Gasteiger partial charge in [-0.1, -0.05) is 60.7 Å². The van der Waals surface area contributed by atoms with Crippen LogP contribution in [0, 0.1) is 0 Å². The molecule has 0 saturated carbocycles. The van der Waals surface area contributed by atoms with Crippen molar-refractivity contribution in [3.63, 3.8) is 0 Å². The van der Waals surface area contributed by atoms with Gasteiger partial charge in [-0.15, -0.1) is 0 Å². The number of fused-ring (bicyclic) bond motifs is 3. The smallest absolute Gasteiger partial charge is 0.162 e. The van der Waals surface area contributed by atoms with E-state index < -0.39 is 5.41 Å². The van der Waals surface area contributed by atoms with E-state index in [1.165, 1.54) is 22.3 Å². The molecule has 0 radical (unpaired) electrons. The Hall–Kier alpha value is -4.08. The van der Waals surface area contributed by atoms with Crippen LogP contribution in [0.25, 0.3) is 11.1 Å². The van der Waals surface area contributed by atoms with E-state index in [0.29, 0.717) is 69.2 Å². The van der Waals surface area contributed by atoms with Gasteiger partial charge >= 0.3 is 0 Å². The lowest BCUT2D eigenvalue weighted by atomic mass is 9.67. The van der Waals surface area contributed by atoms with Crippen molar-refractivity contribution in [3.8, 4) is 34.1 Å². The zero-order valence-electron chi connectivity index (χ0n) is 24.8. The second kappa shape index (κ2) is 11.1. The lowest BCUT2D eigenvalue weighted by Crippen LogP contribution is -2.40. The summed E-state index contributed by atoms with van der Waals surface area (Å²) in [5.41, 5.74) is 6.28. The molecule has 8 nitrogen and oxygen atoms in total. The van der Waals surface area contributed by atoms with E-state index in [4.69, 9.17) is 37.9 Å². The first-order valence-electron chi connectivity index (χ1n) is 15.7. The molecule has 4 heterocycles. The lowest BCUT2D eigenvalue weighted by molar-refractivity contribution is -0.0904. The first-order valence-corrected chi connectivity index (χ1v) is 15.7. The summed E-state index contributed by atoms with van der Waals surface area (Å²) in [7, 11) is 0. The van der Waals surface area contributed by atoms with Crippen LogP contribution in [0.4, 0.5) is 0 Å². The Morgan fingerprint density at radius 3 is 1.56 bits per heavy atom. The fraction of sp³-hybridized carbons (Fsp3) is 0.351. The molecule has 4 saturated heterocycles. The molecule has 9 rings (SSSR count). The molecule has 4 aliphatic heterocycles. The first kappa shape index (κ1) is 27.2. The van der Waals surface area contributed by atoms with Gasteiger partial charge < -0.3 is 37.9 Å². The second-order valence-electron chi connectivity index (χ2n) is 12.3. The average molecular weight is 607 g/mol. The Morgan fingerprint density at radius 1 is 0.533 bits per heavy atom. The summed E-state index contributed by atoms with van der Waals surface area (Å²) in [5, 5.41) is 0. The van der Waals surface area contributed by atoms with Gasteiger partial charge in [-0.25, -0.2) is 0 Å². The molecule has 0 spiro atoms. The normalized spacial score (nSPS) is 22.4. The SMILES string of the molecule is c1ccc2c(c1)-c1ccccc1C2(c1ccc(OCC2CO2)c(OCC2CO2)c1)c1ccc(OC2COC2)c(OC2COC2)c1. The predicted octanol–water partition coefficient (Wildman–Crippen LogP) is 5.16. The standard InChI is InChI=1S/C37H34O8/c1-3-7-31-29(5-1)30-6-2-4-8-32(30)37(31,23-9-11-33(42-21-25-19-40-25)35(13-23)43-22-26-20-41-26)24-10-12-34(44-27-15-38-16-27)36(14-24)45-28-17-39-18-28/h1-14,25-28H,15-22H2. The zero-order valence-corrected chi connectivity index (χ0v) is 24.8. The van der Waals surface area contributed by atoms with Crippen LogP contribution in [0.2, 0.25) is 0 Å². The van der Waals surface area contributed by atoms with Crippen LogP contribution in [0.5, 0.6) is 23.0 Å². The first-order chi connectivity index (χ1) is 22.3. The van der Waals surface area contributed by atoms with Gasteiger partial charge in [-0.2, -0.15) is 0 Å². The number of epoxide rings is 2. The van der Waals surface area contributed by atoms with Gasteiger partial charge in [-0.05, 0) is 57.6 Å². The fourth-order valence-corrected chi connectivity index (χ4v) is 6.55.